The van der Waals surface area contributed by atoms with Crippen molar-refractivity contribution in [1.82, 2.24) is 0 Å². The van der Waals surface area contributed by atoms with E-state index in [0.29, 0.717) is 11.8 Å². The molecule has 0 aliphatic heterocycles. The molecule has 0 spiro atoms. The van der Waals surface area contributed by atoms with Crippen molar-refractivity contribution < 1.29 is 20.8 Å². The van der Waals surface area contributed by atoms with Gasteiger partial charge in [0, 0.05) is 9.52 Å². The van der Waals surface area contributed by atoms with Crippen molar-refractivity contribution in [3.8, 4) is 22.3 Å². The van der Waals surface area contributed by atoms with E-state index in [4.69, 9.17) is 17.0 Å². The van der Waals surface area contributed by atoms with Gasteiger partial charge in [-0.3, -0.25) is 0 Å². The SMILES string of the molecule is CCc1ccc2[cH-]c(C(C)CC)cc2c1-c1ccccc1C.CCc1ccc2[cH-]c(C(C)CC)cc2c1-c1ccccc1C.C[Si]C.[Cl][Zr+2][Cl]. The molecule has 6 aromatic carbocycles. The third-order valence-corrected chi connectivity index (χ3v) is 9.95. The summed E-state index contributed by atoms with van der Waals surface area (Å²) in [5, 5.41) is 5.60. The minimum atomic E-state index is -0.826. The molecule has 0 bridgehead atoms. The average molecular weight is 799 g/mol. The Morgan fingerprint density at radius 1 is 0.600 bits per heavy atom. The Balaban J connectivity index is 0.000000234. The van der Waals surface area contributed by atoms with Gasteiger partial charge in [-0.2, -0.15) is 12.1 Å². The molecule has 0 fully saturated rings. The van der Waals surface area contributed by atoms with Crippen molar-refractivity contribution in [3.63, 3.8) is 0 Å². The molecule has 2 unspecified atom stereocenters. The van der Waals surface area contributed by atoms with Gasteiger partial charge < -0.3 is 0 Å². The molecule has 0 aliphatic carbocycles. The van der Waals surface area contributed by atoms with Gasteiger partial charge in [0.15, 0.2) is 0 Å². The average Bonchev–Trinajstić information content (AvgIpc) is 3.77. The van der Waals surface area contributed by atoms with Gasteiger partial charge in [0.1, 0.15) is 0 Å². The van der Waals surface area contributed by atoms with Crippen LogP contribution < -0.4 is 0 Å². The molecule has 0 nitrogen and oxygen atoms in total. The van der Waals surface area contributed by atoms with E-state index in [1.54, 1.807) is 0 Å². The topological polar surface area (TPSA) is 0 Å². The molecule has 6 aromatic rings. The zero-order chi connectivity index (χ0) is 36.8. The molecule has 0 heterocycles. The fourth-order valence-electron chi connectivity index (χ4n) is 6.67. The molecule has 0 aliphatic rings. The van der Waals surface area contributed by atoms with Crippen LogP contribution in [0.1, 0.15) is 99.6 Å². The van der Waals surface area contributed by atoms with Gasteiger partial charge in [-0.25, -0.2) is 0 Å². The van der Waals surface area contributed by atoms with Crippen LogP contribution in [-0.2, 0) is 33.7 Å². The second kappa shape index (κ2) is 21.3. The minimum absolute atomic E-state index is 0.627. The standard InChI is InChI=1S/2C22H25.C2H6Si.2ClH.Zr/c2*1-5-15(3)19-13-18-12-11-17(6-2)22(21(18)14-19)20-10-8-7-9-16(20)4;1-3-2;;;/h2*7-15H,5-6H2,1-4H3;1-2H3;2*1H;/q2*-1;;;;+4/p-2. The summed E-state index contributed by atoms with van der Waals surface area (Å²) in [5.74, 6) is 1.25. The van der Waals surface area contributed by atoms with Gasteiger partial charge in [-0.15, -0.1) is 69.1 Å². The second-order valence-corrected chi connectivity index (χ2v) is 18.0. The van der Waals surface area contributed by atoms with Crippen LogP contribution in [-0.4, -0.2) is 9.52 Å². The first-order valence-corrected chi connectivity index (χ1v) is 26.6. The molecule has 0 N–H and O–H groups in total. The van der Waals surface area contributed by atoms with E-state index in [9.17, 15) is 0 Å². The van der Waals surface area contributed by atoms with Crippen LogP contribution in [0.3, 0.4) is 0 Å². The van der Waals surface area contributed by atoms with Gasteiger partial charge in [0.2, 0.25) is 0 Å². The Labute approximate surface area is 325 Å². The van der Waals surface area contributed by atoms with Crippen molar-refractivity contribution in [3.05, 3.63) is 130 Å². The molecule has 6 rings (SSSR count). The van der Waals surface area contributed by atoms with Crippen LogP contribution in [0, 0.1) is 13.8 Å². The Kier molecular flexibility index (Phi) is 18.0. The first-order valence-electron chi connectivity index (χ1n) is 18.2. The molecular formula is C46H56Cl2SiZr. The summed E-state index contributed by atoms with van der Waals surface area (Å²) in [6, 6.07) is 36.3. The zero-order valence-electron chi connectivity index (χ0n) is 32.0. The van der Waals surface area contributed by atoms with Crippen LogP contribution >= 0.6 is 17.0 Å². The van der Waals surface area contributed by atoms with Crippen molar-refractivity contribution >= 4 is 48.1 Å². The number of aryl methyl sites for hydroxylation is 4. The summed E-state index contributed by atoms with van der Waals surface area (Å²) >= 11 is -0.826. The van der Waals surface area contributed by atoms with Gasteiger partial charge >= 0.3 is 37.9 Å². The van der Waals surface area contributed by atoms with E-state index < -0.39 is 20.8 Å². The van der Waals surface area contributed by atoms with Crippen LogP contribution in [0.4, 0.5) is 0 Å². The first-order chi connectivity index (χ1) is 24.1. The molecular weight excluding hydrogens is 743 g/mol. The predicted octanol–water partition coefficient (Wildman–Crippen LogP) is 15.4. The Morgan fingerprint density at radius 3 is 1.24 bits per heavy atom. The number of rotatable bonds is 8. The molecule has 0 amide bonds. The summed E-state index contributed by atoms with van der Waals surface area (Å²) in [6.07, 6.45) is 4.53. The van der Waals surface area contributed by atoms with Gasteiger partial charge in [-0.05, 0) is 60.8 Å². The fourth-order valence-corrected chi connectivity index (χ4v) is 6.67. The second-order valence-electron chi connectivity index (χ2n) is 13.3. The van der Waals surface area contributed by atoms with Crippen LogP contribution in [0.15, 0.2) is 97.1 Å². The normalized spacial score (nSPS) is 11.8. The fraction of sp³-hybridized carbons (Fsp3) is 0.348. The quantitative estimate of drug-likeness (QED) is 0.106. The zero-order valence-corrected chi connectivity index (χ0v) is 36.9. The number of halogens is 2. The van der Waals surface area contributed by atoms with E-state index in [1.807, 2.05) is 0 Å². The number of fused-ring (bicyclic) bond motifs is 2. The third-order valence-electron chi connectivity index (χ3n) is 9.95. The molecule has 262 valence electrons. The number of benzene rings is 4. The predicted molar refractivity (Wildman–Crippen MR) is 225 cm³/mol. The van der Waals surface area contributed by atoms with E-state index in [0.717, 1.165) is 22.4 Å². The van der Waals surface area contributed by atoms with Gasteiger partial charge in [0.05, 0.1) is 0 Å². The number of hydrogen-bond donors (Lipinski definition) is 0. The molecule has 2 radical (unpaired) electrons. The van der Waals surface area contributed by atoms with E-state index in [2.05, 4.69) is 166 Å². The van der Waals surface area contributed by atoms with Gasteiger partial charge in [-0.1, -0.05) is 138 Å². The van der Waals surface area contributed by atoms with Gasteiger partial charge in [0.25, 0.3) is 0 Å². The molecule has 0 saturated heterocycles. The summed E-state index contributed by atoms with van der Waals surface area (Å²) in [4.78, 5) is 0. The summed E-state index contributed by atoms with van der Waals surface area (Å²) < 4.78 is 0. The monoisotopic (exact) mass is 796 g/mol. The van der Waals surface area contributed by atoms with Crippen molar-refractivity contribution in [1.29, 1.82) is 0 Å². The Morgan fingerprint density at radius 2 is 0.940 bits per heavy atom. The molecule has 4 heteroatoms. The maximum atomic E-state index is 4.93. The Hall–Kier alpha value is -2.22. The molecule has 50 heavy (non-hydrogen) atoms. The van der Waals surface area contributed by atoms with E-state index in [1.165, 1.54) is 90.0 Å². The van der Waals surface area contributed by atoms with Crippen molar-refractivity contribution in [2.45, 2.75) is 106 Å². The van der Waals surface area contributed by atoms with Crippen molar-refractivity contribution in [2.24, 2.45) is 0 Å². The summed E-state index contributed by atoms with van der Waals surface area (Å²) in [7, 11) is 11.0. The summed E-state index contributed by atoms with van der Waals surface area (Å²) in [6.45, 7) is 22.4. The molecule has 0 saturated carbocycles. The number of hydrogen-bond acceptors (Lipinski definition) is 0. The summed E-state index contributed by atoms with van der Waals surface area (Å²) in [5.41, 5.74) is 14.2. The van der Waals surface area contributed by atoms with E-state index >= 15 is 0 Å². The Bertz CT molecular complexity index is 1770. The van der Waals surface area contributed by atoms with Crippen LogP contribution in [0.25, 0.3) is 43.8 Å². The van der Waals surface area contributed by atoms with Crippen LogP contribution in [0.2, 0.25) is 13.1 Å². The molecule has 0 aromatic heterocycles. The van der Waals surface area contributed by atoms with Crippen molar-refractivity contribution in [2.75, 3.05) is 0 Å². The van der Waals surface area contributed by atoms with Crippen LogP contribution in [0.5, 0.6) is 0 Å². The third kappa shape index (κ3) is 10.4. The van der Waals surface area contributed by atoms with E-state index in [-0.39, 0.29) is 0 Å². The first kappa shape index (κ1) is 42.2. The maximum absolute atomic E-state index is 4.93. The molecule has 2 atom stereocenters.